The fourth-order valence-electron chi connectivity index (χ4n) is 1.40. The maximum atomic E-state index is 12.1. The van der Waals surface area contributed by atoms with Crippen LogP contribution in [0.4, 0.5) is 8.78 Å². The number of hydrogen-bond donors (Lipinski definition) is 1. The molecule has 2 atom stereocenters. The highest BCUT2D eigenvalue weighted by Gasteiger charge is 2.20. The molecule has 0 aliphatic carbocycles. The Hall–Kier alpha value is -1.07. The van der Waals surface area contributed by atoms with E-state index in [0.29, 0.717) is 6.42 Å². The summed E-state index contributed by atoms with van der Waals surface area (Å²) in [6.07, 6.45) is 0.857. The number of nitrogens with zero attached hydrogens (tertiary/aromatic N) is 1. The molecule has 0 aromatic carbocycles. The Kier molecular flexibility index (Phi) is 5.28. The monoisotopic (exact) mass is 230 g/mol. The maximum absolute atomic E-state index is 12.1. The SMILES string of the molecule is CCC(N)C(OCC(F)F)c1cccnc1. The van der Waals surface area contributed by atoms with Gasteiger partial charge in [0.15, 0.2) is 0 Å². The lowest BCUT2D eigenvalue weighted by atomic mass is 10.0. The molecule has 3 nitrogen and oxygen atoms in total. The third kappa shape index (κ3) is 3.83. The zero-order valence-electron chi connectivity index (χ0n) is 9.14. The van der Waals surface area contributed by atoms with Gasteiger partial charge < -0.3 is 10.5 Å². The van der Waals surface area contributed by atoms with E-state index in [-0.39, 0.29) is 6.04 Å². The molecule has 0 fully saturated rings. The second kappa shape index (κ2) is 6.50. The molecule has 1 aromatic heterocycles. The van der Waals surface area contributed by atoms with E-state index in [4.69, 9.17) is 10.5 Å². The average Bonchev–Trinajstić information content (AvgIpc) is 2.30. The van der Waals surface area contributed by atoms with Crippen LogP contribution in [-0.4, -0.2) is 24.1 Å². The highest BCUT2D eigenvalue weighted by molar-refractivity contribution is 5.14. The summed E-state index contributed by atoms with van der Waals surface area (Å²) in [5, 5.41) is 0. The lowest BCUT2D eigenvalue weighted by Gasteiger charge is -2.23. The first kappa shape index (κ1) is 13.0. The van der Waals surface area contributed by atoms with Crippen LogP contribution in [0.3, 0.4) is 0 Å². The van der Waals surface area contributed by atoms with Gasteiger partial charge in [0.05, 0.1) is 6.10 Å². The summed E-state index contributed by atoms with van der Waals surface area (Å²) in [4.78, 5) is 3.93. The summed E-state index contributed by atoms with van der Waals surface area (Å²) < 4.78 is 29.3. The number of hydrogen-bond acceptors (Lipinski definition) is 3. The Morgan fingerprint density at radius 2 is 2.25 bits per heavy atom. The molecule has 0 saturated heterocycles. The van der Waals surface area contributed by atoms with Crippen molar-refractivity contribution < 1.29 is 13.5 Å². The lowest BCUT2D eigenvalue weighted by molar-refractivity contribution is -0.0352. The minimum absolute atomic E-state index is 0.303. The molecule has 1 aromatic rings. The van der Waals surface area contributed by atoms with Gasteiger partial charge in [0.1, 0.15) is 6.61 Å². The van der Waals surface area contributed by atoms with E-state index in [2.05, 4.69) is 4.98 Å². The van der Waals surface area contributed by atoms with Gasteiger partial charge in [0.25, 0.3) is 6.43 Å². The number of pyridine rings is 1. The predicted molar refractivity (Wildman–Crippen MR) is 57.2 cm³/mol. The summed E-state index contributed by atoms with van der Waals surface area (Å²) in [5.41, 5.74) is 6.57. The quantitative estimate of drug-likeness (QED) is 0.814. The number of alkyl halides is 2. The minimum atomic E-state index is -2.48. The number of aromatic nitrogens is 1. The van der Waals surface area contributed by atoms with Gasteiger partial charge in [-0.2, -0.15) is 0 Å². The molecule has 5 heteroatoms. The van der Waals surface area contributed by atoms with Crippen LogP contribution in [0.2, 0.25) is 0 Å². The minimum Gasteiger partial charge on any atom is -0.366 e. The number of halogens is 2. The fraction of sp³-hybridized carbons (Fsp3) is 0.545. The van der Waals surface area contributed by atoms with Crippen LogP contribution in [0.5, 0.6) is 0 Å². The van der Waals surface area contributed by atoms with Crippen molar-refractivity contribution >= 4 is 0 Å². The lowest BCUT2D eigenvalue weighted by Crippen LogP contribution is -2.30. The van der Waals surface area contributed by atoms with E-state index < -0.39 is 19.1 Å². The predicted octanol–water partition coefficient (Wildman–Crippen LogP) is 2.14. The van der Waals surface area contributed by atoms with Crippen LogP contribution in [-0.2, 0) is 4.74 Å². The molecule has 16 heavy (non-hydrogen) atoms. The molecular formula is C11H16F2N2O. The van der Waals surface area contributed by atoms with E-state index in [1.807, 2.05) is 6.92 Å². The Bertz CT molecular complexity index is 295. The first-order valence-electron chi connectivity index (χ1n) is 5.20. The Labute approximate surface area is 93.6 Å². The Morgan fingerprint density at radius 1 is 1.50 bits per heavy atom. The normalized spacial score (nSPS) is 15.1. The first-order chi connectivity index (χ1) is 7.65. The number of rotatable bonds is 6. The van der Waals surface area contributed by atoms with Crippen molar-refractivity contribution in [1.82, 2.24) is 4.98 Å². The standard InChI is InChI=1S/C11H16F2N2O/c1-2-9(14)11(16-7-10(12)13)8-4-3-5-15-6-8/h3-6,9-11H,2,7,14H2,1H3. The zero-order chi connectivity index (χ0) is 12.0. The van der Waals surface area contributed by atoms with E-state index in [9.17, 15) is 8.78 Å². The number of nitrogens with two attached hydrogens (primary N) is 1. The maximum Gasteiger partial charge on any atom is 0.261 e. The van der Waals surface area contributed by atoms with Crippen molar-refractivity contribution in [2.45, 2.75) is 31.9 Å². The van der Waals surface area contributed by atoms with Crippen molar-refractivity contribution in [2.75, 3.05) is 6.61 Å². The van der Waals surface area contributed by atoms with E-state index in [1.165, 1.54) is 0 Å². The molecule has 2 unspecified atom stereocenters. The smallest absolute Gasteiger partial charge is 0.261 e. The van der Waals surface area contributed by atoms with E-state index in [1.54, 1.807) is 24.5 Å². The number of ether oxygens (including phenoxy) is 1. The summed E-state index contributed by atoms with van der Waals surface area (Å²) in [6, 6.07) is 3.21. The highest BCUT2D eigenvalue weighted by atomic mass is 19.3. The van der Waals surface area contributed by atoms with E-state index >= 15 is 0 Å². The molecule has 0 aliphatic rings. The van der Waals surface area contributed by atoms with Crippen molar-refractivity contribution in [1.29, 1.82) is 0 Å². The van der Waals surface area contributed by atoms with Crippen LogP contribution in [0.25, 0.3) is 0 Å². The van der Waals surface area contributed by atoms with Gasteiger partial charge in [-0.1, -0.05) is 13.0 Å². The average molecular weight is 230 g/mol. The van der Waals surface area contributed by atoms with Crippen LogP contribution in [0.15, 0.2) is 24.5 Å². The molecule has 1 rings (SSSR count). The van der Waals surface area contributed by atoms with E-state index in [0.717, 1.165) is 5.56 Å². The van der Waals surface area contributed by atoms with Gasteiger partial charge in [-0.15, -0.1) is 0 Å². The first-order valence-corrected chi connectivity index (χ1v) is 5.20. The van der Waals surface area contributed by atoms with Gasteiger partial charge in [-0.05, 0) is 12.5 Å². The summed E-state index contributed by atoms with van der Waals surface area (Å²) in [5.74, 6) is 0. The van der Waals surface area contributed by atoms with Gasteiger partial charge in [-0.25, -0.2) is 8.78 Å². The second-order valence-corrected chi connectivity index (χ2v) is 3.50. The topological polar surface area (TPSA) is 48.1 Å². The second-order valence-electron chi connectivity index (χ2n) is 3.50. The van der Waals surface area contributed by atoms with Crippen molar-refractivity contribution in [2.24, 2.45) is 5.73 Å². The molecule has 0 spiro atoms. The molecular weight excluding hydrogens is 214 g/mol. The van der Waals surface area contributed by atoms with Crippen LogP contribution < -0.4 is 5.73 Å². The molecule has 0 amide bonds. The molecule has 90 valence electrons. The summed E-state index contributed by atoms with van der Waals surface area (Å²) in [7, 11) is 0. The third-order valence-corrected chi connectivity index (χ3v) is 2.27. The van der Waals surface area contributed by atoms with Crippen LogP contribution >= 0.6 is 0 Å². The van der Waals surface area contributed by atoms with Crippen molar-refractivity contribution in [3.05, 3.63) is 30.1 Å². The van der Waals surface area contributed by atoms with Crippen molar-refractivity contribution in [3.63, 3.8) is 0 Å². The Morgan fingerprint density at radius 3 is 2.75 bits per heavy atom. The molecule has 0 saturated carbocycles. The largest absolute Gasteiger partial charge is 0.366 e. The van der Waals surface area contributed by atoms with Crippen molar-refractivity contribution in [3.8, 4) is 0 Å². The molecule has 0 radical (unpaired) electrons. The van der Waals surface area contributed by atoms with Crippen LogP contribution in [0.1, 0.15) is 25.0 Å². The fourth-order valence-corrected chi connectivity index (χ4v) is 1.40. The van der Waals surface area contributed by atoms with Gasteiger partial charge in [0.2, 0.25) is 0 Å². The van der Waals surface area contributed by atoms with Crippen LogP contribution in [0, 0.1) is 0 Å². The Balaban J connectivity index is 2.71. The highest BCUT2D eigenvalue weighted by Crippen LogP contribution is 2.21. The molecule has 0 bridgehead atoms. The molecule has 1 heterocycles. The van der Waals surface area contributed by atoms with Gasteiger partial charge in [0, 0.05) is 24.0 Å². The molecule has 0 aliphatic heterocycles. The van der Waals surface area contributed by atoms with Gasteiger partial charge >= 0.3 is 0 Å². The zero-order valence-corrected chi connectivity index (χ0v) is 9.14. The summed E-state index contributed by atoms with van der Waals surface area (Å²) >= 11 is 0. The summed E-state index contributed by atoms with van der Waals surface area (Å²) in [6.45, 7) is 1.28. The third-order valence-electron chi connectivity index (χ3n) is 2.27. The molecule has 2 N–H and O–H groups in total. The van der Waals surface area contributed by atoms with Gasteiger partial charge in [-0.3, -0.25) is 4.98 Å².